The number of carbonyl (C=O) groups is 1. The van der Waals surface area contributed by atoms with Crippen LogP contribution in [-0.4, -0.2) is 12.6 Å². The first kappa shape index (κ1) is 23.5. The summed E-state index contributed by atoms with van der Waals surface area (Å²) in [6.07, 6.45) is 19.5. The molecule has 0 saturated carbocycles. The highest BCUT2D eigenvalue weighted by Crippen LogP contribution is 2.20. The summed E-state index contributed by atoms with van der Waals surface area (Å²) < 4.78 is 5.56. The molecule has 144 valence electrons. The molecule has 0 saturated heterocycles. The van der Waals surface area contributed by atoms with Gasteiger partial charge in [-0.2, -0.15) is 0 Å². The Bertz CT molecular complexity index is 263. The molecule has 24 heavy (non-hydrogen) atoms. The maximum Gasteiger partial charge on any atom is 0.308 e. The minimum atomic E-state index is 0.0801. The molecule has 0 heterocycles. The van der Waals surface area contributed by atoms with Crippen molar-refractivity contribution in [2.45, 2.75) is 124 Å². The van der Waals surface area contributed by atoms with Crippen LogP contribution in [0.2, 0.25) is 0 Å². The van der Waals surface area contributed by atoms with Gasteiger partial charge in [0.25, 0.3) is 0 Å². The third kappa shape index (κ3) is 15.0. The van der Waals surface area contributed by atoms with Gasteiger partial charge in [0, 0.05) is 0 Å². The minimum absolute atomic E-state index is 0.0801. The molecular weight excluding hydrogens is 296 g/mol. The number of hydrogen-bond acceptors (Lipinski definition) is 2. The summed E-state index contributed by atoms with van der Waals surface area (Å²) in [7, 11) is 0. The quantitative estimate of drug-likeness (QED) is 0.191. The van der Waals surface area contributed by atoms with Crippen LogP contribution in [0.3, 0.4) is 0 Å². The maximum atomic E-state index is 12.4. The van der Waals surface area contributed by atoms with Crippen molar-refractivity contribution >= 4 is 5.97 Å². The highest BCUT2D eigenvalue weighted by Gasteiger charge is 2.19. The normalized spacial score (nSPS) is 12.3. The average Bonchev–Trinajstić information content (AvgIpc) is 2.59. The first-order chi connectivity index (χ1) is 11.8. The Morgan fingerprint density at radius 3 is 1.58 bits per heavy atom. The van der Waals surface area contributed by atoms with E-state index in [2.05, 4.69) is 20.8 Å². The lowest BCUT2D eigenvalue weighted by Crippen LogP contribution is -2.18. The second-order valence-electron chi connectivity index (χ2n) is 7.33. The van der Waals surface area contributed by atoms with Crippen LogP contribution in [0.25, 0.3) is 0 Å². The standard InChI is InChI=1S/C22H44O2/c1-4-7-10-13-14-16-19-21(18-15-11-8-5-2)22(23)24-20-17-12-9-6-3/h21H,4-20H2,1-3H3/t21-/m1/s1. The molecule has 1 atom stereocenters. The van der Waals surface area contributed by atoms with Crippen molar-refractivity contribution in [2.75, 3.05) is 6.61 Å². The zero-order valence-electron chi connectivity index (χ0n) is 16.9. The maximum absolute atomic E-state index is 12.4. The molecule has 0 aromatic heterocycles. The molecule has 0 bridgehead atoms. The van der Waals surface area contributed by atoms with Gasteiger partial charge in [-0.05, 0) is 19.3 Å². The Hall–Kier alpha value is -0.530. The summed E-state index contributed by atoms with van der Waals surface area (Å²) in [6, 6.07) is 0. The average molecular weight is 341 g/mol. The van der Waals surface area contributed by atoms with Gasteiger partial charge in [0.05, 0.1) is 12.5 Å². The van der Waals surface area contributed by atoms with Gasteiger partial charge in [0.15, 0.2) is 0 Å². The van der Waals surface area contributed by atoms with Gasteiger partial charge in [-0.15, -0.1) is 0 Å². The van der Waals surface area contributed by atoms with Gasteiger partial charge >= 0.3 is 5.97 Å². The van der Waals surface area contributed by atoms with Crippen LogP contribution >= 0.6 is 0 Å². The predicted molar refractivity (Wildman–Crippen MR) is 105 cm³/mol. The van der Waals surface area contributed by atoms with E-state index in [-0.39, 0.29) is 11.9 Å². The Kier molecular flexibility index (Phi) is 18.4. The molecular formula is C22H44O2. The second-order valence-corrected chi connectivity index (χ2v) is 7.33. The van der Waals surface area contributed by atoms with Gasteiger partial charge in [0.1, 0.15) is 0 Å². The summed E-state index contributed by atoms with van der Waals surface area (Å²) >= 11 is 0. The third-order valence-electron chi connectivity index (χ3n) is 4.89. The summed E-state index contributed by atoms with van der Waals surface area (Å²) in [6.45, 7) is 7.32. The van der Waals surface area contributed by atoms with Crippen molar-refractivity contribution in [1.29, 1.82) is 0 Å². The molecule has 0 spiro atoms. The minimum Gasteiger partial charge on any atom is -0.465 e. The fourth-order valence-corrected chi connectivity index (χ4v) is 3.19. The van der Waals surface area contributed by atoms with Crippen LogP contribution in [-0.2, 0) is 9.53 Å². The molecule has 2 nitrogen and oxygen atoms in total. The lowest BCUT2D eigenvalue weighted by molar-refractivity contribution is -0.149. The van der Waals surface area contributed by atoms with Crippen LogP contribution in [0.15, 0.2) is 0 Å². The zero-order chi connectivity index (χ0) is 17.9. The van der Waals surface area contributed by atoms with Gasteiger partial charge in [-0.3, -0.25) is 4.79 Å². The topological polar surface area (TPSA) is 26.3 Å². The van der Waals surface area contributed by atoms with Crippen LogP contribution in [0, 0.1) is 5.92 Å². The molecule has 0 aliphatic heterocycles. The van der Waals surface area contributed by atoms with Crippen molar-refractivity contribution in [3.05, 3.63) is 0 Å². The fraction of sp³-hybridized carbons (Fsp3) is 0.955. The summed E-state index contributed by atoms with van der Waals surface area (Å²) in [5.74, 6) is 0.232. The van der Waals surface area contributed by atoms with Crippen LogP contribution in [0.4, 0.5) is 0 Å². The van der Waals surface area contributed by atoms with E-state index in [1.807, 2.05) is 0 Å². The molecule has 0 aliphatic rings. The number of unbranched alkanes of at least 4 members (excludes halogenated alkanes) is 11. The van der Waals surface area contributed by atoms with E-state index < -0.39 is 0 Å². The van der Waals surface area contributed by atoms with Gasteiger partial charge < -0.3 is 4.74 Å². The first-order valence-electron chi connectivity index (χ1n) is 10.9. The Morgan fingerprint density at radius 2 is 1.04 bits per heavy atom. The first-order valence-corrected chi connectivity index (χ1v) is 10.9. The van der Waals surface area contributed by atoms with Gasteiger partial charge in [0.2, 0.25) is 0 Å². The number of hydrogen-bond donors (Lipinski definition) is 0. The van der Waals surface area contributed by atoms with E-state index in [9.17, 15) is 4.79 Å². The third-order valence-corrected chi connectivity index (χ3v) is 4.89. The highest BCUT2D eigenvalue weighted by atomic mass is 16.5. The van der Waals surface area contributed by atoms with Crippen molar-refractivity contribution in [2.24, 2.45) is 5.92 Å². The Morgan fingerprint density at radius 1 is 0.625 bits per heavy atom. The van der Waals surface area contributed by atoms with Crippen LogP contribution in [0.5, 0.6) is 0 Å². The molecule has 0 aromatic carbocycles. The van der Waals surface area contributed by atoms with Crippen molar-refractivity contribution < 1.29 is 9.53 Å². The van der Waals surface area contributed by atoms with Crippen LogP contribution < -0.4 is 0 Å². The van der Waals surface area contributed by atoms with Crippen molar-refractivity contribution in [1.82, 2.24) is 0 Å². The SMILES string of the molecule is CCCCCCCC[C@@H](CCCCCC)C(=O)OCCCCCC. The summed E-state index contributed by atoms with van der Waals surface area (Å²) in [5, 5.41) is 0. The zero-order valence-corrected chi connectivity index (χ0v) is 16.9. The number of esters is 1. The molecule has 0 fully saturated rings. The van der Waals surface area contributed by atoms with E-state index in [1.165, 1.54) is 83.5 Å². The van der Waals surface area contributed by atoms with E-state index in [0.29, 0.717) is 6.61 Å². The lowest BCUT2D eigenvalue weighted by Gasteiger charge is -2.16. The Labute approximate surface area is 152 Å². The van der Waals surface area contributed by atoms with E-state index in [0.717, 1.165) is 19.3 Å². The molecule has 0 aliphatic carbocycles. The van der Waals surface area contributed by atoms with Gasteiger partial charge in [-0.1, -0.05) is 104 Å². The largest absolute Gasteiger partial charge is 0.465 e. The van der Waals surface area contributed by atoms with Gasteiger partial charge in [-0.25, -0.2) is 0 Å². The highest BCUT2D eigenvalue weighted by molar-refractivity contribution is 5.72. The smallest absolute Gasteiger partial charge is 0.308 e. The van der Waals surface area contributed by atoms with Crippen LogP contribution in [0.1, 0.15) is 124 Å². The van der Waals surface area contributed by atoms with E-state index in [4.69, 9.17) is 4.74 Å². The Balaban J connectivity index is 3.98. The van der Waals surface area contributed by atoms with E-state index >= 15 is 0 Å². The number of ether oxygens (including phenoxy) is 1. The van der Waals surface area contributed by atoms with Crippen molar-refractivity contribution in [3.63, 3.8) is 0 Å². The molecule has 2 heteroatoms. The van der Waals surface area contributed by atoms with E-state index in [1.54, 1.807) is 0 Å². The number of rotatable bonds is 18. The molecule has 0 radical (unpaired) electrons. The molecule has 0 aromatic rings. The van der Waals surface area contributed by atoms with Crippen molar-refractivity contribution in [3.8, 4) is 0 Å². The molecule has 0 N–H and O–H groups in total. The second kappa shape index (κ2) is 18.8. The summed E-state index contributed by atoms with van der Waals surface area (Å²) in [4.78, 5) is 12.4. The molecule has 0 amide bonds. The molecule has 0 unspecified atom stereocenters. The summed E-state index contributed by atoms with van der Waals surface area (Å²) in [5.41, 5.74) is 0. The monoisotopic (exact) mass is 340 g/mol. The lowest BCUT2D eigenvalue weighted by atomic mass is 9.94. The predicted octanol–water partition coefficient (Wildman–Crippen LogP) is 7.45. The number of carbonyl (C=O) groups excluding carboxylic acids is 1. The fourth-order valence-electron chi connectivity index (χ4n) is 3.19. The molecule has 0 rings (SSSR count).